The number of hydrogen-bond acceptors (Lipinski definition) is 1. The van der Waals surface area contributed by atoms with Gasteiger partial charge < -0.3 is 0 Å². The van der Waals surface area contributed by atoms with Crippen molar-refractivity contribution in [3.8, 4) is 0 Å². The van der Waals surface area contributed by atoms with Crippen LogP contribution in [0.4, 0.5) is 4.39 Å². The summed E-state index contributed by atoms with van der Waals surface area (Å²) in [4.78, 5) is 1.33. The second-order valence-electron chi connectivity index (χ2n) is 4.63. The maximum absolute atomic E-state index is 13.5. The van der Waals surface area contributed by atoms with Crippen LogP contribution in [0.5, 0.6) is 0 Å². The van der Waals surface area contributed by atoms with Crippen molar-refractivity contribution in [2.24, 2.45) is 0 Å². The van der Waals surface area contributed by atoms with E-state index >= 15 is 0 Å². The lowest BCUT2D eigenvalue weighted by Gasteiger charge is -2.18. The van der Waals surface area contributed by atoms with Gasteiger partial charge in [0, 0.05) is 16.6 Å². The van der Waals surface area contributed by atoms with E-state index < -0.39 is 0 Å². The molecule has 0 aromatic heterocycles. The average molecular weight is 258 g/mol. The molecule has 0 spiro atoms. The first-order chi connectivity index (χ1) is 8.79. The average Bonchev–Trinajstić information content (AvgIpc) is 2.54. The Bertz CT molecular complexity index is 577. The minimum atomic E-state index is -0.128. The standard InChI is InChI=1S/C16H15FS/c1-2-13-14-5-3-4-6-16(14)18-10-11-7-8-12(17)9-15(11)13/h3-9,13H,2,10H2,1H3. The fraction of sp³-hybridized carbons (Fsp3) is 0.250. The largest absolute Gasteiger partial charge is 0.207 e. The molecule has 18 heavy (non-hydrogen) atoms. The second-order valence-corrected chi connectivity index (χ2v) is 5.65. The molecule has 0 amide bonds. The van der Waals surface area contributed by atoms with Crippen molar-refractivity contribution in [3.63, 3.8) is 0 Å². The smallest absolute Gasteiger partial charge is 0.123 e. The first kappa shape index (κ1) is 11.8. The number of thioether (sulfide) groups is 1. The Labute approximate surface area is 111 Å². The van der Waals surface area contributed by atoms with Crippen LogP contribution in [0.2, 0.25) is 0 Å². The topological polar surface area (TPSA) is 0 Å². The van der Waals surface area contributed by atoms with Gasteiger partial charge in [0.25, 0.3) is 0 Å². The van der Waals surface area contributed by atoms with Gasteiger partial charge in [0.1, 0.15) is 5.82 Å². The van der Waals surface area contributed by atoms with E-state index in [1.807, 2.05) is 17.8 Å². The van der Waals surface area contributed by atoms with Gasteiger partial charge in [0.05, 0.1) is 0 Å². The summed E-state index contributed by atoms with van der Waals surface area (Å²) in [6.45, 7) is 2.17. The molecule has 0 radical (unpaired) electrons. The Balaban J connectivity index is 2.19. The van der Waals surface area contributed by atoms with Crippen LogP contribution in [0, 0.1) is 5.82 Å². The van der Waals surface area contributed by atoms with Gasteiger partial charge in [-0.3, -0.25) is 0 Å². The number of halogens is 1. The van der Waals surface area contributed by atoms with E-state index in [-0.39, 0.29) is 5.82 Å². The van der Waals surface area contributed by atoms with Gasteiger partial charge in [0.2, 0.25) is 0 Å². The number of hydrogen-bond donors (Lipinski definition) is 0. The molecule has 0 N–H and O–H groups in total. The van der Waals surface area contributed by atoms with Crippen LogP contribution < -0.4 is 0 Å². The van der Waals surface area contributed by atoms with Crippen molar-refractivity contribution in [1.29, 1.82) is 0 Å². The predicted octanol–water partition coefficient (Wildman–Crippen LogP) is 4.97. The van der Waals surface area contributed by atoms with E-state index in [9.17, 15) is 4.39 Å². The molecule has 3 rings (SSSR count). The van der Waals surface area contributed by atoms with E-state index in [0.717, 1.165) is 17.7 Å². The zero-order valence-corrected chi connectivity index (χ0v) is 11.1. The predicted molar refractivity (Wildman–Crippen MR) is 74.5 cm³/mol. The summed E-state index contributed by atoms with van der Waals surface area (Å²) in [6, 6.07) is 13.7. The summed E-state index contributed by atoms with van der Waals surface area (Å²) in [5.74, 6) is 1.13. The molecule has 0 aliphatic carbocycles. The highest BCUT2D eigenvalue weighted by molar-refractivity contribution is 7.98. The number of fused-ring (bicyclic) bond motifs is 2. The van der Waals surface area contributed by atoms with Gasteiger partial charge in [-0.15, -0.1) is 11.8 Å². The molecule has 92 valence electrons. The Hall–Kier alpha value is -1.28. The van der Waals surface area contributed by atoms with E-state index in [4.69, 9.17) is 0 Å². The molecule has 1 aliphatic heterocycles. The van der Waals surface area contributed by atoms with Crippen molar-refractivity contribution >= 4 is 11.8 Å². The van der Waals surface area contributed by atoms with Gasteiger partial charge in [-0.2, -0.15) is 0 Å². The van der Waals surface area contributed by atoms with Gasteiger partial charge >= 0.3 is 0 Å². The van der Waals surface area contributed by atoms with Crippen LogP contribution in [-0.4, -0.2) is 0 Å². The van der Waals surface area contributed by atoms with Crippen molar-refractivity contribution in [2.45, 2.75) is 29.9 Å². The van der Waals surface area contributed by atoms with Gasteiger partial charge in [-0.25, -0.2) is 4.39 Å². The zero-order valence-electron chi connectivity index (χ0n) is 10.3. The van der Waals surface area contributed by atoms with E-state index in [2.05, 4.69) is 31.2 Å². The fourth-order valence-corrected chi connectivity index (χ4v) is 3.81. The third-order valence-electron chi connectivity index (χ3n) is 3.57. The summed E-state index contributed by atoms with van der Waals surface area (Å²) < 4.78 is 13.5. The molecule has 0 bridgehead atoms. The van der Waals surface area contributed by atoms with E-state index in [1.165, 1.54) is 16.0 Å². The van der Waals surface area contributed by atoms with Crippen molar-refractivity contribution in [1.82, 2.24) is 0 Å². The molecule has 1 atom stereocenters. The van der Waals surface area contributed by atoms with Crippen molar-refractivity contribution in [2.75, 3.05) is 0 Å². The molecule has 1 unspecified atom stereocenters. The number of benzene rings is 2. The lowest BCUT2D eigenvalue weighted by Crippen LogP contribution is -2.02. The van der Waals surface area contributed by atoms with E-state index in [1.54, 1.807) is 12.1 Å². The second kappa shape index (κ2) is 4.77. The zero-order chi connectivity index (χ0) is 12.5. The van der Waals surface area contributed by atoms with Crippen LogP contribution in [0.15, 0.2) is 47.4 Å². The summed E-state index contributed by atoms with van der Waals surface area (Å²) >= 11 is 1.85. The fourth-order valence-electron chi connectivity index (χ4n) is 2.68. The summed E-state index contributed by atoms with van der Waals surface area (Å²) in [7, 11) is 0. The van der Waals surface area contributed by atoms with Crippen LogP contribution in [-0.2, 0) is 5.75 Å². The first-order valence-corrected chi connectivity index (χ1v) is 7.28. The molecule has 1 heterocycles. The van der Waals surface area contributed by atoms with Crippen LogP contribution in [0.25, 0.3) is 0 Å². The van der Waals surface area contributed by atoms with Gasteiger partial charge in [-0.1, -0.05) is 31.2 Å². The molecule has 0 nitrogen and oxygen atoms in total. The Kier molecular flexibility index (Phi) is 3.13. The molecule has 2 aromatic rings. The minimum Gasteiger partial charge on any atom is -0.207 e. The molecule has 2 heteroatoms. The van der Waals surface area contributed by atoms with Crippen molar-refractivity contribution in [3.05, 3.63) is 65.0 Å². The Morgan fingerprint density at radius 2 is 2.00 bits per heavy atom. The molecule has 1 aliphatic rings. The Morgan fingerprint density at radius 3 is 2.83 bits per heavy atom. The van der Waals surface area contributed by atoms with Crippen LogP contribution in [0.1, 0.15) is 36.0 Å². The lowest BCUT2D eigenvalue weighted by atomic mass is 9.86. The highest BCUT2D eigenvalue weighted by Gasteiger charge is 2.22. The summed E-state index contributed by atoms with van der Waals surface area (Å²) in [5.41, 5.74) is 3.77. The van der Waals surface area contributed by atoms with Gasteiger partial charge in [-0.05, 0) is 41.3 Å². The molecular weight excluding hydrogens is 243 g/mol. The SMILES string of the molecule is CCC1c2cc(F)ccc2CSc2ccccc21. The first-order valence-electron chi connectivity index (χ1n) is 6.29. The maximum atomic E-state index is 13.5. The molecular formula is C16H15FS. The highest BCUT2D eigenvalue weighted by atomic mass is 32.2. The van der Waals surface area contributed by atoms with Crippen molar-refractivity contribution < 1.29 is 4.39 Å². The van der Waals surface area contributed by atoms with Crippen LogP contribution >= 0.6 is 11.8 Å². The highest BCUT2D eigenvalue weighted by Crippen LogP contribution is 2.41. The quantitative estimate of drug-likeness (QED) is 0.695. The molecule has 0 saturated heterocycles. The normalized spacial score (nSPS) is 17.8. The monoisotopic (exact) mass is 258 g/mol. The molecule has 2 aromatic carbocycles. The minimum absolute atomic E-state index is 0.128. The number of rotatable bonds is 1. The third kappa shape index (κ3) is 1.95. The molecule has 0 fully saturated rings. The van der Waals surface area contributed by atoms with Gasteiger partial charge in [0.15, 0.2) is 0 Å². The third-order valence-corrected chi connectivity index (χ3v) is 4.71. The Morgan fingerprint density at radius 1 is 1.17 bits per heavy atom. The van der Waals surface area contributed by atoms with Crippen LogP contribution in [0.3, 0.4) is 0 Å². The summed E-state index contributed by atoms with van der Waals surface area (Å²) in [5, 5.41) is 0. The maximum Gasteiger partial charge on any atom is 0.123 e. The lowest BCUT2D eigenvalue weighted by molar-refractivity contribution is 0.620. The molecule has 0 saturated carbocycles. The summed E-state index contributed by atoms with van der Waals surface area (Å²) in [6.07, 6.45) is 1.01. The van der Waals surface area contributed by atoms with E-state index in [0.29, 0.717) is 5.92 Å².